The molecule has 23 heavy (non-hydrogen) atoms. The zero-order valence-corrected chi connectivity index (χ0v) is 14.0. The SMILES string of the molecule is CCC1Oc2ccc(Cl)cc2C2CC(c3ccc(C)cc3)=NN12. The van der Waals surface area contributed by atoms with E-state index in [1.807, 2.05) is 18.2 Å². The summed E-state index contributed by atoms with van der Waals surface area (Å²) >= 11 is 6.20. The summed E-state index contributed by atoms with van der Waals surface area (Å²) in [6.07, 6.45) is 1.76. The summed E-state index contributed by atoms with van der Waals surface area (Å²) in [4.78, 5) is 0. The van der Waals surface area contributed by atoms with Gasteiger partial charge >= 0.3 is 0 Å². The van der Waals surface area contributed by atoms with Gasteiger partial charge in [-0.3, -0.25) is 5.01 Å². The summed E-state index contributed by atoms with van der Waals surface area (Å²) in [5, 5.41) is 7.72. The summed E-state index contributed by atoms with van der Waals surface area (Å²) in [7, 11) is 0. The summed E-state index contributed by atoms with van der Waals surface area (Å²) in [6.45, 7) is 4.23. The van der Waals surface area contributed by atoms with Gasteiger partial charge in [0.15, 0.2) is 6.23 Å². The third-order valence-corrected chi connectivity index (χ3v) is 4.80. The Hall–Kier alpha value is -2.00. The molecule has 0 N–H and O–H groups in total. The number of fused-ring (bicyclic) bond motifs is 3. The third kappa shape index (κ3) is 2.49. The molecule has 0 fully saturated rings. The molecule has 2 unspecified atom stereocenters. The highest BCUT2D eigenvalue weighted by Crippen LogP contribution is 2.44. The Kier molecular flexibility index (Phi) is 3.53. The Morgan fingerprint density at radius 2 is 2.00 bits per heavy atom. The number of halogens is 1. The number of ether oxygens (including phenoxy) is 1. The van der Waals surface area contributed by atoms with Crippen molar-refractivity contribution in [2.75, 3.05) is 0 Å². The molecular formula is C19H19ClN2O. The average Bonchev–Trinajstić information content (AvgIpc) is 3.00. The zero-order chi connectivity index (χ0) is 16.0. The van der Waals surface area contributed by atoms with E-state index in [2.05, 4.69) is 43.1 Å². The molecule has 0 saturated heterocycles. The quantitative estimate of drug-likeness (QED) is 0.781. The van der Waals surface area contributed by atoms with E-state index in [0.717, 1.165) is 34.9 Å². The minimum absolute atomic E-state index is 0.0170. The molecule has 0 radical (unpaired) electrons. The number of rotatable bonds is 2. The maximum atomic E-state index is 6.20. The van der Waals surface area contributed by atoms with Crippen molar-refractivity contribution in [2.24, 2.45) is 5.10 Å². The van der Waals surface area contributed by atoms with Gasteiger partial charge in [-0.1, -0.05) is 48.4 Å². The van der Waals surface area contributed by atoms with E-state index < -0.39 is 0 Å². The fraction of sp³-hybridized carbons (Fsp3) is 0.316. The van der Waals surface area contributed by atoms with Crippen LogP contribution in [0.3, 0.4) is 0 Å². The van der Waals surface area contributed by atoms with E-state index in [0.29, 0.717) is 0 Å². The van der Waals surface area contributed by atoms with Crippen LogP contribution in [0.15, 0.2) is 47.6 Å². The number of aryl methyl sites for hydroxylation is 1. The van der Waals surface area contributed by atoms with Crippen LogP contribution in [0, 0.1) is 6.92 Å². The molecular weight excluding hydrogens is 308 g/mol. The van der Waals surface area contributed by atoms with Gasteiger partial charge in [0, 0.05) is 23.4 Å². The lowest BCUT2D eigenvalue weighted by molar-refractivity contribution is -0.0188. The van der Waals surface area contributed by atoms with Gasteiger partial charge in [-0.05, 0) is 30.7 Å². The highest BCUT2D eigenvalue weighted by molar-refractivity contribution is 6.30. The van der Waals surface area contributed by atoms with Gasteiger partial charge in [-0.15, -0.1) is 0 Å². The van der Waals surface area contributed by atoms with E-state index in [1.54, 1.807) is 0 Å². The van der Waals surface area contributed by atoms with Crippen molar-refractivity contribution < 1.29 is 4.74 Å². The van der Waals surface area contributed by atoms with Crippen molar-refractivity contribution in [3.63, 3.8) is 0 Å². The largest absolute Gasteiger partial charge is 0.469 e. The summed E-state index contributed by atoms with van der Waals surface area (Å²) in [6, 6.07) is 14.6. The average molecular weight is 327 g/mol. The number of hydrogen-bond acceptors (Lipinski definition) is 3. The van der Waals surface area contributed by atoms with Gasteiger partial charge in [0.2, 0.25) is 0 Å². The predicted octanol–water partition coefficient (Wildman–Crippen LogP) is 4.93. The highest BCUT2D eigenvalue weighted by Gasteiger charge is 2.39. The van der Waals surface area contributed by atoms with E-state index in [-0.39, 0.29) is 12.3 Å². The number of hydrogen-bond donors (Lipinski definition) is 0. The standard InChI is InChI=1S/C19H19ClN2O/c1-3-19-22-17(15-10-14(20)8-9-18(15)23-19)11-16(21-22)13-6-4-12(2)5-7-13/h4-10,17,19H,3,11H2,1-2H3. The van der Waals surface area contributed by atoms with Crippen LogP contribution in [0.1, 0.15) is 42.5 Å². The van der Waals surface area contributed by atoms with Crippen LogP contribution in [-0.2, 0) is 0 Å². The van der Waals surface area contributed by atoms with Crippen molar-refractivity contribution >= 4 is 17.3 Å². The first-order valence-electron chi connectivity index (χ1n) is 8.04. The highest BCUT2D eigenvalue weighted by atomic mass is 35.5. The third-order valence-electron chi connectivity index (χ3n) is 4.57. The molecule has 4 heteroatoms. The normalized spacial score (nSPS) is 22.2. The van der Waals surface area contributed by atoms with Crippen LogP contribution in [0.4, 0.5) is 0 Å². The van der Waals surface area contributed by atoms with Crippen molar-refractivity contribution in [3.8, 4) is 5.75 Å². The van der Waals surface area contributed by atoms with E-state index in [9.17, 15) is 0 Å². The second kappa shape index (κ2) is 5.57. The van der Waals surface area contributed by atoms with Gasteiger partial charge in [0.1, 0.15) is 5.75 Å². The van der Waals surface area contributed by atoms with Crippen LogP contribution >= 0.6 is 11.6 Å². The van der Waals surface area contributed by atoms with Crippen molar-refractivity contribution in [3.05, 3.63) is 64.2 Å². The number of hydrazone groups is 1. The summed E-state index contributed by atoms with van der Waals surface area (Å²) < 4.78 is 6.11. The van der Waals surface area contributed by atoms with Gasteiger partial charge in [-0.25, -0.2) is 0 Å². The summed E-state index contributed by atoms with van der Waals surface area (Å²) in [5.41, 5.74) is 4.69. The van der Waals surface area contributed by atoms with Crippen LogP contribution in [0.5, 0.6) is 5.75 Å². The Labute approximate surface area is 141 Å². The molecule has 0 aromatic heterocycles. The molecule has 2 aromatic carbocycles. The Morgan fingerprint density at radius 1 is 1.22 bits per heavy atom. The predicted molar refractivity (Wildman–Crippen MR) is 93.1 cm³/mol. The zero-order valence-electron chi connectivity index (χ0n) is 13.3. The first-order valence-corrected chi connectivity index (χ1v) is 8.42. The van der Waals surface area contributed by atoms with E-state index in [1.165, 1.54) is 11.1 Å². The fourth-order valence-electron chi connectivity index (χ4n) is 3.32. The Bertz CT molecular complexity index is 769. The lowest BCUT2D eigenvalue weighted by Crippen LogP contribution is -2.39. The maximum Gasteiger partial charge on any atom is 0.187 e. The van der Waals surface area contributed by atoms with E-state index in [4.69, 9.17) is 21.4 Å². The first-order chi connectivity index (χ1) is 11.2. The molecule has 4 rings (SSSR count). The van der Waals surface area contributed by atoms with Crippen LogP contribution in [0.25, 0.3) is 0 Å². The maximum absolute atomic E-state index is 6.20. The van der Waals surface area contributed by atoms with Crippen molar-refractivity contribution in [1.82, 2.24) is 5.01 Å². The lowest BCUT2D eigenvalue weighted by Gasteiger charge is -2.37. The second-order valence-corrected chi connectivity index (χ2v) is 6.61. The molecule has 3 nitrogen and oxygen atoms in total. The molecule has 0 aliphatic carbocycles. The minimum Gasteiger partial charge on any atom is -0.469 e. The van der Waals surface area contributed by atoms with E-state index >= 15 is 0 Å². The van der Waals surface area contributed by atoms with Crippen molar-refractivity contribution in [2.45, 2.75) is 39.0 Å². The first kappa shape index (κ1) is 14.6. The minimum atomic E-state index is -0.0170. The lowest BCUT2D eigenvalue weighted by atomic mass is 9.96. The van der Waals surface area contributed by atoms with Crippen molar-refractivity contribution in [1.29, 1.82) is 0 Å². The monoisotopic (exact) mass is 326 g/mol. The Balaban J connectivity index is 1.73. The summed E-state index contributed by atoms with van der Waals surface area (Å²) in [5.74, 6) is 0.933. The smallest absolute Gasteiger partial charge is 0.187 e. The molecule has 118 valence electrons. The van der Waals surface area contributed by atoms with Crippen LogP contribution in [-0.4, -0.2) is 16.9 Å². The Morgan fingerprint density at radius 3 is 2.74 bits per heavy atom. The molecule has 0 saturated carbocycles. The fourth-order valence-corrected chi connectivity index (χ4v) is 3.50. The molecule has 2 heterocycles. The number of nitrogens with zero attached hydrogens (tertiary/aromatic N) is 2. The van der Waals surface area contributed by atoms with Crippen LogP contribution < -0.4 is 4.74 Å². The molecule has 2 atom stereocenters. The molecule has 2 aliphatic rings. The van der Waals surface area contributed by atoms with Gasteiger partial charge in [0.05, 0.1) is 11.8 Å². The molecule has 0 bridgehead atoms. The van der Waals surface area contributed by atoms with Gasteiger partial charge in [-0.2, -0.15) is 5.10 Å². The second-order valence-electron chi connectivity index (χ2n) is 6.18. The molecule has 0 amide bonds. The van der Waals surface area contributed by atoms with Gasteiger partial charge < -0.3 is 4.74 Å². The molecule has 2 aromatic rings. The topological polar surface area (TPSA) is 24.8 Å². The number of benzene rings is 2. The molecule has 0 spiro atoms. The van der Waals surface area contributed by atoms with Crippen LogP contribution in [0.2, 0.25) is 5.02 Å². The van der Waals surface area contributed by atoms with Gasteiger partial charge in [0.25, 0.3) is 0 Å². The molecule has 2 aliphatic heterocycles.